The van der Waals surface area contributed by atoms with Crippen LogP contribution in [0.25, 0.3) is 66.6 Å². The van der Waals surface area contributed by atoms with E-state index >= 15 is 0 Å². The van der Waals surface area contributed by atoms with Gasteiger partial charge in [0.05, 0.1) is 16.9 Å². The van der Waals surface area contributed by atoms with Gasteiger partial charge >= 0.3 is 0 Å². The molecule has 7 aromatic carbocycles. The quantitative estimate of drug-likeness (QED) is 0.174. The number of aromatic amines is 1. The molecule has 0 fully saturated rings. The van der Waals surface area contributed by atoms with Crippen molar-refractivity contribution in [3.63, 3.8) is 0 Å². The summed E-state index contributed by atoms with van der Waals surface area (Å²) >= 11 is 0. The van der Waals surface area contributed by atoms with Crippen molar-refractivity contribution in [3.8, 4) is 44.8 Å². The number of nitrogens with one attached hydrogen (secondary N) is 1. The van der Waals surface area contributed by atoms with Gasteiger partial charge < -0.3 is 4.98 Å². The first kappa shape index (κ1) is 36.1. The topological polar surface area (TPSA) is 28.7 Å². The molecule has 282 valence electrons. The van der Waals surface area contributed by atoms with Crippen LogP contribution in [0.3, 0.4) is 0 Å². The van der Waals surface area contributed by atoms with Crippen LogP contribution in [-0.2, 0) is 10.8 Å². The Labute approximate surface area is 343 Å². The predicted molar refractivity (Wildman–Crippen MR) is 250 cm³/mol. The van der Waals surface area contributed by atoms with E-state index in [2.05, 4.69) is 222 Å². The largest absolute Gasteiger partial charge is 0.354 e. The summed E-state index contributed by atoms with van der Waals surface area (Å²) in [7, 11) is -2.77. The van der Waals surface area contributed by atoms with Crippen molar-refractivity contribution in [2.45, 2.75) is 52.4 Å². The number of fused-ring (bicyclic) bond motifs is 7. The lowest BCUT2D eigenvalue weighted by Gasteiger charge is -2.31. The van der Waals surface area contributed by atoms with Gasteiger partial charge in [-0.05, 0) is 95.3 Å². The molecule has 58 heavy (non-hydrogen) atoms. The van der Waals surface area contributed by atoms with E-state index in [1.807, 2.05) is 0 Å². The molecule has 0 amide bonds. The first-order valence-corrected chi connectivity index (χ1v) is 22.5. The van der Waals surface area contributed by atoms with Gasteiger partial charge in [-0.15, -0.1) is 0 Å². The van der Waals surface area contributed by atoms with Crippen molar-refractivity contribution < 1.29 is 0 Å². The maximum absolute atomic E-state index is 5.81. The molecule has 0 saturated carbocycles. The van der Waals surface area contributed by atoms with E-state index in [0.29, 0.717) is 0 Å². The number of rotatable bonds is 5. The highest BCUT2D eigenvalue weighted by atomic mass is 28.3. The minimum absolute atomic E-state index is 0.0827. The lowest BCUT2D eigenvalue weighted by molar-refractivity contribution is 0.590. The number of H-pyrrole nitrogens is 1. The van der Waals surface area contributed by atoms with Crippen LogP contribution in [0, 0.1) is 0 Å². The van der Waals surface area contributed by atoms with Crippen molar-refractivity contribution in [2.24, 2.45) is 0 Å². The Morgan fingerprint density at radius 2 is 0.931 bits per heavy atom. The molecule has 2 nitrogen and oxygen atoms in total. The van der Waals surface area contributed by atoms with E-state index in [4.69, 9.17) is 4.98 Å². The second-order valence-electron chi connectivity index (χ2n) is 18.1. The molecule has 0 spiro atoms. The first-order valence-electron chi connectivity index (χ1n) is 20.5. The van der Waals surface area contributed by atoms with Gasteiger partial charge in [-0.25, -0.2) is 4.98 Å². The average Bonchev–Trinajstić information content (AvgIpc) is 3.77. The van der Waals surface area contributed by atoms with E-state index in [0.717, 1.165) is 28.0 Å². The van der Waals surface area contributed by atoms with Crippen LogP contribution in [0.2, 0.25) is 0 Å². The second-order valence-corrected chi connectivity index (χ2v) is 21.8. The van der Waals surface area contributed by atoms with Crippen molar-refractivity contribution in [1.29, 1.82) is 0 Å². The number of benzene rings is 7. The zero-order chi connectivity index (χ0) is 39.8. The van der Waals surface area contributed by atoms with Crippen LogP contribution in [-0.4, -0.2) is 18.0 Å². The van der Waals surface area contributed by atoms with Crippen molar-refractivity contribution >= 4 is 50.6 Å². The van der Waals surface area contributed by atoms with Crippen LogP contribution in [0.4, 0.5) is 0 Å². The zero-order valence-corrected chi connectivity index (χ0v) is 35.2. The molecule has 3 heterocycles. The van der Waals surface area contributed by atoms with Crippen LogP contribution in [0.15, 0.2) is 176 Å². The Balaban J connectivity index is 1.24. The normalized spacial score (nSPS) is 13.5. The lowest BCUT2D eigenvalue weighted by atomic mass is 9.85. The molecule has 0 radical (unpaired) electrons. The number of aromatic nitrogens is 2. The summed E-state index contributed by atoms with van der Waals surface area (Å²) in [6.45, 7) is 13.6. The summed E-state index contributed by atoms with van der Waals surface area (Å²) < 4.78 is 0. The molecule has 2 aromatic heterocycles. The highest BCUT2D eigenvalue weighted by Crippen LogP contribution is 2.39. The number of pyridine rings is 1. The SMILES string of the molecule is CC(C)(C)c1ccc(-c2cc(-c3ccc(C(C)(C)C)cc3)cc(-c3ccc4c(n3)-c3c(ccc5c3[nH]c3ccccc35)[Si]4(c3ccccc3)c3ccccc3)c2)cc1. The fraction of sp³-hybridized carbons (Fsp3) is 0.145. The minimum atomic E-state index is -2.77. The van der Waals surface area contributed by atoms with E-state index in [1.54, 1.807) is 0 Å². The molecule has 1 N–H and O–H groups in total. The molecule has 9 aromatic rings. The van der Waals surface area contributed by atoms with Gasteiger partial charge in [-0.3, -0.25) is 0 Å². The lowest BCUT2D eigenvalue weighted by Crippen LogP contribution is -2.72. The van der Waals surface area contributed by atoms with Gasteiger partial charge in [0.2, 0.25) is 0 Å². The Kier molecular flexibility index (Phi) is 8.33. The van der Waals surface area contributed by atoms with E-state index in [1.165, 1.54) is 70.5 Å². The smallest absolute Gasteiger partial charge is 0.182 e. The summed E-state index contributed by atoms with van der Waals surface area (Å²) in [5.74, 6) is 0. The minimum Gasteiger partial charge on any atom is -0.354 e. The van der Waals surface area contributed by atoms with Gasteiger partial charge in [0.25, 0.3) is 0 Å². The Morgan fingerprint density at radius 3 is 1.48 bits per heavy atom. The third kappa shape index (κ3) is 5.79. The first-order chi connectivity index (χ1) is 28.0. The van der Waals surface area contributed by atoms with Crippen LogP contribution >= 0.6 is 0 Å². The summed E-state index contributed by atoms with van der Waals surface area (Å²) in [6, 6.07) is 65.9. The molecule has 1 aliphatic rings. The van der Waals surface area contributed by atoms with Crippen molar-refractivity contribution in [3.05, 3.63) is 187 Å². The molecular formula is C55H48N2Si. The Hall–Kier alpha value is -6.29. The molecule has 0 saturated heterocycles. The van der Waals surface area contributed by atoms with Crippen LogP contribution in [0.1, 0.15) is 52.7 Å². The molecule has 0 aliphatic carbocycles. The Bertz CT molecular complexity index is 2860. The van der Waals surface area contributed by atoms with Gasteiger partial charge in [-0.1, -0.05) is 187 Å². The molecule has 0 bridgehead atoms. The third-order valence-corrected chi connectivity index (χ3v) is 17.3. The molecular weight excluding hydrogens is 717 g/mol. The number of hydrogen-bond donors (Lipinski definition) is 1. The third-order valence-electron chi connectivity index (χ3n) is 12.4. The Morgan fingerprint density at radius 1 is 0.431 bits per heavy atom. The molecule has 3 heteroatoms. The van der Waals surface area contributed by atoms with E-state index < -0.39 is 8.07 Å². The maximum atomic E-state index is 5.81. The summed E-state index contributed by atoms with van der Waals surface area (Å²) in [5, 5.41) is 7.93. The highest BCUT2D eigenvalue weighted by Gasteiger charge is 2.50. The number of hydrogen-bond acceptors (Lipinski definition) is 1. The van der Waals surface area contributed by atoms with E-state index in [9.17, 15) is 0 Å². The molecule has 0 atom stereocenters. The van der Waals surface area contributed by atoms with Gasteiger partial charge in [0, 0.05) is 27.4 Å². The predicted octanol–water partition coefficient (Wildman–Crippen LogP) is 11.7. The summed E-state index contributed by atoms with van der Waals surface area (Å²) in [6.07, 6.45) is 0. The van der Waals surface area contributed by atoms with Crippen molar-refractivity contribution in [2.75, 3.05) is 0 Å². The number of para-hydroxylation sites is 1. The van der Waals surface area contributed by atoms with Crippen molar-refractivity contribution in [1.82, 2.24) is 9.97 Å². The highest BCUT2D eigenvalue weighted by molar-refractivity contribution is 7.22. The fourth-order valence-corrected chi connectivity index (χ4v) is 14.4. The van der Waals surface area contributed by atoms with Gasteiger partial charge in [-0.2, -0.15) is 0 Å². The maximum Gasteiger partial charge on any atom is 0.182 e. The molecule has 1 aliphatic heterocycles. The summed E-state index contributed by atoms with van der Waals surface area (Å²) in [4.78, 5) is 9.70. The van der Waals surface area contributed by atoms with E-state index in [-0.39, 0.29) is 10.8 Å². The average molecular weight is 765 g/mol. The summed E-state index contributed by atoms with van der Waals surface area (Å²) in [5.41, 5.74) is 14.3. The second kappa shape index (κ2) is 13.4. The standard InChI is InChI=1S/C55H48N2Si/c1-54(2,3)41-25-21-36(22-26-41)38-33-39(37-23-27-42(28-24-37)55(4,5)6)35-40(34-38)47-30-32-50-53(56-47)51-49(31-29-46-45-19-13-14-20-48(45)57-52(46)51)58(50,43-15-9-7-10-16-43)44-17-11-8-12-18-44/h7-35,57H,1-6H3. The number of nitrogens with zero attached hydrogens (tertiary/aromatic N) is 1. The fourth-order valence-electron chi connectivity index (χ4n) is 9.33. The van der Waals surface area contributed by atoms with Crippen LogP contribution in [0.5, 0.6) is 0 Å². The zero-order valence-electron chi connectivity index (χ0n) is 34.2. The van der Waals surface area contributed by atoms with Gasteiger partial charge in [0.15, 0.2) is 8.07 Å². The van der Waals surface area contributed by atoms with Gasteiger partial charge in [0.1, 0.15) is 0 Å². The monoisotopic (exact) mass is 764 g/mol. The molecule has 10 rings (SSSR count). The van der Waals surface area contributed by atoms with Crippen LogP contribution < -0.4 is 20.7 Å². The molecule has 0 unspecified atom stereocenters.